The van der Waals surface area contributed by atoms with Crippen molar-refractivity contribution >= 4 is 21.4 Å². The maximum atomic E-state index is 13.7. The van der Waals surface area contributed by atoms with Crippen LogP contribution in [0.25, 0.3) is 0 Å². The Kier molecular flexibility index (Phi) is 5.35. The molecule has 1 unspecified atom stereocenters. The number of anilines is 2. The predicted octanol–water partition coefficient (Wildman–Crippen LogP) is 3.09. The van der Waals surface area contributed by atoms with Crippen LogP contribution in [0.15, 0.2) is 30.7 Å². The van der Waals surface area contributed by atoms with E-state index in [0.717, 1.165) is 36.3 Å². The van der Waals surface area contributed by atoms with Crippen molar-refractivity contribution < 1.29 is 26.3 Å². The Bertz CT molecular complexity index is 1180. The maximum Gasteiger partial charge on any atom is 0.511 e. The minimum absolute atomic E-state index is 0.158. The van der Waals surface area contributed by atoms with Crippen LogP contribution < -0.4 is 9.80 Å². The van der Waals surface area contributed by atoms with Gasteiger partial charge in [-0.15, -0.1) is 0 Å². The molecule has 35 heavy (non-hydrogen) atoms. The Morgan fingerprint density at radius 2 is 1.91 bits per heavy atom. The molecule has 0 spiro atoms. The van der Waals surface area contributed by atoms with Crippen molar-refractivity contribution in [2.45, 2.75) is 43.9 Å². The Hall–Kier alpha value is -2.31. The van der Waals surface area contributed by atoms with Crippen LogP contribution in [0.4, 0.5) is 24.5 Å². The molecule has 1 saturated heterocycles. The molecule has 1 aromatic heterocycles. The lowest BCUT2D eigenvalue weighted by Crippen LogP contribution is -2.66. The molecule has 4 fully saturated rings. The first-order valence-electron chi connectivity index (χ1n) is 11.9. The standard InChI is InChI=1S/C23H28F3N5O3S/c24-23(25,26)35(32,33)30-12-17-7-19(29-3-5-34-6-4-29)1-2-20(17)31(13-18-11-27-15-28-18)21(14-30)22-8-16(9-22)10-22/h1-2,7,11,15-16,21H,3-6,8-10,12-14H2,(H,27,28). The van der Waals surface area contributed by atoms with Crippen molar-refractivity contribution in [2.75, 3.05) is 42.6 Å². The summed E-state index contributed by atoms with van der Waals surface area (Å²) in [6.07, 6.45) is 6.07. The highest BCUT2D eigenvalue weighted by molar-refractivity contribution is 7.89. The molecule has 1 aromatic carbocycles. The van der Waals surface area contributed by atoms with Crippen LogP contribution in [0.5, 0.6) is 0 Å². The first kappa shape index (κ1) is 23.1. The first-order valence-corrected chi connectivity index (χ1v) is 13.4. The van der Waals surface area contributed by atoms with E-state index < -0.39 is 15.5 Å². The van der Waals surface area contributed by atoms with Crippen molar-refractivity contribution in [3.63, 3.8) is 0 Å². The Balaban J connectivity index is 1.45. The number of morpholine rings is 1. The molecule has 2 bridgehead atoms. The zero-order valence-corrected chi connectivity index (χ0v) is 20.0. The molecule has 3 saturated carbocycles. The van der Waals surface area contributed by atoms with Crippen LogP contribution in [0, 0.1) is 11.3 Å². The summed E-state index contributed by atoms with van der Waals surface area (Å²) in [5, 5.41) is 0. The van der Waals surface area contributed by atoms with Gasteiger partial charge in [-0.2, -0.15) is 17.5 Å². The number of hydrogen-bond donors (Lipinski definition) is 1. The molecular weight excluding hydrogens is 483 g/mol. The van der Waals surface area contributed by atoms with E-state index in [1.165, 1.54) is 0 Å². The highest BCUT2D eigenvalue weighted by Gasteiger charge is 2.63. The molecule has 0 radical (unpaired) electrons. The largest absolute Gasteiger partial charge is 0.511 e. The van der Waals surface area contributed by atoms with Crippen LogP contribution in [-0.4, -0.2) is 67.1 Å². The van der Waals surface area contributed by atoms with Gasteiger partial charge in [0.05, 0.1) is 31.8 Å². The number of rotatable bonds is 5. The molecule has 1 atom stereocenters. The van der Waals surface area contributed by atoms with Crippen molar-refractivity contribution in [1.29, 1.82) is 0 Å². The number of halogens is 3. The van der Waals surface area contributed by atoms with E-state index in [-0.39, 0.29) is 24.5 Å². The van der Waals surface area contributed by atoms with Crippen LogP contribution in [0.1, 0.15) is 30.5 Å². The van der Waals surface area contributed by atoms with Gasteiger partial charge in [0.2, 0.25) is 0 Å². The topological polar surface area (TPSA) is 81.8 Å². The van der Waals surface area contributed by atoms with Gasteiger partial charge in [-0.3, -0.25) is 0 Å². The third kappa shape index (κ3) is 3.80. The summed E-state index contributed by atoms with van der Waals surface area (Å²) >= 11 is 0. The number of aromatic nitrogens is 2. The van der Waals surface area contributed by atoms with Gasteiger partial charge in [0, 0.05) is 49.8 Å². The van der Waals surface area contributed by atoms with E-state index in [9.17, 15) is 21.6 Å². The van der Waals surface area contributed by atoms with E-state index in [1.807, 2.05) is 18.2 Å². The molecular formula is C23H28F3N5O3S. The number of H-pyrrole nitrogens is 1. The summed E-state index contributed by atoms with van der Waals surface area (Å²) in [6, 6.07) is 5.42. The zero-order chi connectivity index (χ0) is 24.4. The third-order valence-corrected chi connectivity index (χ3v) is 9.71. The first-order chi connectivity index (χ1) is 16.7. The number of imidazole rings is 1. The van der Waals surface area contributed by atoms with E-state index >= 15 is 0 Å². The van der Waals surface area contributed by atoms with E-state index in [1.54, 1.807) is 12.5 Å². The second-order valence-electron chi connectivity index (χ2n) is 10.2. The maximum absolute atomic E-state index is 13.7. The predicted molar refractivity (Wildman–Crippen MR) is 123 cm³/mol. The highest BCUT2D eigenvalue weighted by Crippen LogP contribution is 2.67. The summed E-state index contributed by atoms with van der Waals surface area (Å²) in [5.41, 5.74) is -2.45. The lowest BCUT2D eigenvalue weighted by Gasteiger charge is -2.67. The van der Waals surface area contributed by atoms with E-state index in [2.05, 4.69) is 19.8 Å². The number of nitrogens with zero attached hydrogens (tertiary/aromatic N) is 4. The molecule has 2 aromatic rings. The fourth-order valence-corrected chi connectivity index (χ4v) is 7.21. The number of sulfonamides is 1. The molecule has 3 aliphatic carbocycles. The summed E-state index contributed by atoms with van der Waals surface area (Å²) in [4.78, 5) is 11.4. The fourth-order valence-electron chi connectivity index (χ4n) is 6.27. The van der Waals surface area contributed by atoms with Gasteiger partial charge in [-0.05, 0) is 54.4 Å². The number of nitrogens with one attached hydrogen (secondary N) is 1. The quantitative estimate of drug-likeness (QED) is 0.665. The number of alkyl halides is 3. The van der Waals surface area contributed by atoms with Crippen LogP contribution >= 0.6 is 0 Å². The summed E-state index contributed by atoms with van der Waals surface area (Å²) in [7, 11) is -5.50. The number of benzene rings is 1. The van der Waals surface area contributed by atoms with Gasteiger partial charge >= 0.3 is 15.5 Å². The minimum atomic E-state index is -5.50. The molecule has 190 valence electrons. The number of hydrogen-bond acceptors (Lipinski definition) is 6. The van der Waals surface area contributed by atoms with Crippen LogP contribution in [-0.2, 0) is 27.8 Å². The molecule has 1 N–H and O–H groups in total. The van der Waals surface area contributed by atoms with Crippen molar-refractivity contribution in [2.24, 2.45) is 11.3 Å². The normalized spacial score (nSPS) is 29.2. The van der Waals surface area contributed by atoms with E-state index in [4.69, 9.17) is 4.74 Å². The average molecular weight is 512 g/mol. The molecule has 7 rings (SSSR count). The van der Waals surface area contributed by atoms with Crippen LogP contribution in [0.2, 0.25) is 0 Å². The Labute approximate surface area is 202 Å². The molecule has 2 aliphatic heterocycles. The second-order valence-corrected chi connectivity index (χ2v) is 12.1. The van der Waals surface area contributed by atoms with Gasteiger partial charge in [0.15, 0.2) is 0 Å². The average Bonchev–Trinajstić information content (AvgIpc) is 3.22. The lowest BCUT2D eigenvalue weighted by atomic mass is 9.41. The summed E-state index contributed by atoms with van der Waals surface area (Å²) in [5.74, 6) is 0.600. The smallest absolute Gasteiger partial charge is 0.378 e. The Morgan fingerprint density at radius 1 is 1.17 bits per heavy atom. The molecule has 12 heteroatoms. The van der Waals surface area contributed by atoms with Gasteiger partial charge < -0.3 is 19.5 Å². The van der Waals surface area contributed by atoms with Crippen molar-refractivity contribution in [1.82, 2.24) is 14.3 Å². The zero-order valence-electron chi connectivity index (χ0n) is 19.2. The molecule has 3 heterocycles. The summed E-state index contributed by atoms with van der Waals surface area (Å²) < 4.78 is 72.8. The Morgan fingerprint density at radius 3 is 2.51 bits per heavy atom. The van der Waals surface area contributed by atoms with E-state index in [0.29, 0.717) is 48.6 Å². The van der Waals surface area contributed by atoms with Crippen molar-refractivity contribution in [3.05, 3.63) is 42.0 Å². The lowest BCUT2D eigenvalue weighted by molar-refractivity contribution is -0.129. The second kappa shape index (κ2) is 8.10. The SMILES string of the molecule is O=S(=O)(N1Cc2cc(N3CCOCC3)ccc2N(Cc2cnc[nH]2)C(C23CC(C2)C3)C1)C(F)(F)F. The fraction of sp³-hybridized carbons (Fsp3) is 0.609. The number of ether oxygens (including phenoxy) is 1. The van der Waals surface area contributed by atoms with Gasteiger partial charge in [0.25, 0.3) is 0 Å². The van der Waals surface area contributed by atoms with Gasteiger partial charge in [0.1, 0.15) is 0 Å². The summed E-state index contributed by atoms with van der Waals surface area (Å²) in [6.45, 7) is 2.41. The minimum Gasteiger partial charge on any atom is -0.378 e. The monoisotopic (exact) mass is 511 g/mol. The molecule has 5 aliphatic rings. The molecule has 8 nitrogen and oxygen atoms in total. The number of aromatic amines is 1. The van der Waals surface area contributed by atoms with Crippen LogP contribution in [0.3, 0.4) is 0 Å². The third-order valence-electron chi connectivity index (χ3n) is 8.17. The van der Waals surface area contributed by atoms with Gasteiger partial charge in [-0.25, -0.2) is 13.4 Å². The highest BCUT2D eigenvalue weighted by atomic mass is 32.2. The van der Waals surface area contributed by atoms with Crippen molar-refractivity contribution in [3.8, 4) is 0 Å². The van der Waals surface area contributed by atoms with Gasteiger partial charge in [-0.1, -0.05) is 0 Å². The number of fused-ring (bicyclic) bond motifs is 1. The molecule has 0 amide bonds.